The van der Waals surface area contributed by atoms with Crippen molar-refractivity contribution in [2.24, 2.45) is 0 Å². The van der Waals surface area contributed by atoms with E-state index in [1.807, 2.05) is 0 Å². The molecule has 0 bridgehead atoms. The topological polar surface area (TPSA) is 29.1 Å². The third-order valence-electron chi connectivity index (χ3n) is 2.06. The highest BCUT2D eigenvalue weighted by atomic mass is 35.5. The second-order valence-electron chi connectivity index (χ2n) is 3.03. The van der Waals surface area contributed by atoms with Crippen LogP contribution in [0.4, 0.5) is 4.39 Å². The summed E-state index contributed by atoms with van der Waals surface area (Å²) in [6.07, 6.45) is 0.690. The lowest BCUT2D eigenvalue weighted by molar-refractivity contribution is -0.109. The first kappa shape index (κ1) is 11.1. The monoisotopic (exact) mass is 215 g/mol. The largest absolute Gasteiger partial charge is 0.307 e. The van der Waals surface area contributed by atoms with Crippen molar-refractivity contribution >= 4 is 17.9 Å². The summed E-state index contributed by atoms with van der Waals surface area (Å²) < 4.78 is 13.2. The molecule has 1 unspecified atom stereocenters. The minimum absolute atomic E-state index is 0.355. The smallest absolute Gasteiger partial charge is 0.141 e. The summed E-state index contributed by atoms with van der Waals surface area (Å²) in [6.45, 7) is 1.63. The van der Waals surface area contributed by atoms with Crippen LogP contribution in [0, 0.1) is 12.7 Å². The van der Waals surface area contributed by atoms with Gasteiger partial charge in [0.25, 0.3) is 0 Å². The second kappa shape index (κ2) is 4.53. The molecule has 14 heavy (non-hydrogen) atoms. The van der Waals surface area contributed by atoms with Crippen LogP contribution in [-0.2, 0) is 4.79 Å². The Morgan fingerprint density at radius 2 is 2.21 bits per heavy atom. The van der Waals surface area contributed by atoms with Gasteiger partial charge in [-0.15, -0.1) is 0 Å². The first-order valence-electron chi connectivity index (χ1n) is 4.18. The fourth-order valence-electron chi connectivity index (χ4n) is 1.20. The van der Waals surface area contributed by atoms with Gasteiger partial charge < -0.3 is 10.1 Å². The zero-order chi connectivity index (χ0) is 10.7. The van der Waals surface area contributed by atoms with Crippen LogP contribution in [0.25, 0.3) is 0 Å². The SMILES string of the molecule is CNC(C=O)c1cc(F)c(C)cc1Cl. The number of benzene rings is 1. The standard InChI is InChI=1S/C10H11ClFNO/c1-6-3-8(11)7(4-9(6)12)10(5-14)13-2/h3-5,10,13H,1-2H3. The molecule has 0 heterocycles. The van der Waals surface area contributed by atoms with E-state index in [1.54, 1.807) is 14.0 Å². The predicted molar refractivity (Wildman–Crippen MR) is 54.0 cm³/mol. The second-order valence-corrected chi connectivity index (χ2v) is 3.43. The van der Waals surface area contributed by atoms with E-state index < -0.39 is 6.04 Å². The molecular formula is C10H11ClFNO. The molecule has 0 amide bonds. The number of aryl methyl sites for hydroxylation is 1. The molecule has 0 aliphatic rings. The molecule has 1 rings (SSSR count). The Labute approximate surface area is 87.1 Å². The molecule has 1 N–H and O–H groups in total. The maximum absolute atomic E-state index is 13.2. The third-order valence-corrected chi connectivity index (χ3v) is 2.39. The molecule has 0 aliphatic carbocycles. The number of hydrogen-bond donors (Lipinski definition) is 1. The van der Waals surface area contributed by atoms with Gasteiger partial charge in [0, 0.05) is 5.02 Å². The highest BCUT2D eigenvalue weighted by Gasteiger charge is 2.13. The Kier molecular flexibility index (Phi) is 3.61. The zero-order valence-corrected chi connectivity index (χ0v) is 8.73. The van der Waals surface area contributed by atoms with E-state index in [0.29, 0.717) is 22.4 Å². The number of likely N-dealkylation sites (N-methyl/N-ethyl adjacent to an activating group) is 1. The number of nitrogens with one attached hydrogen (secondary N) is 1. The molecule has 1 aromatic rings. The molecule has 1 atom stereocenters. The maximum Gasteiger partial charge on any atom is 0.141 e. The lowest BCUT2D eigenvalue weighted by Gasteiger charge is -2.12. The van der Waals surface area contributed by atoms with Gasteiger partial charge in [-0.25, -0.2) is 4.39 Å². The fraction of sp³-hybridized carbons (Fsp3) is 0.300. The molecule has 0 radical (unpaired) electrons. The quantitative estimate of drug-likeness (QED) is 0.784. The summed E-state index contributed by atoms with van der Waals surface area (Å²) in [4.78, 5) is 10.6. The summed E-state index contributed by atoms with van der Waals surface area (Å²) >= 11 is 5.89. The van der Waals surface area contributed by atoms with E-state index in [1.165, 1.54) is 12.1 Å². The molecule has 0 spiro atoms. The van der Waals surface area contributed by atoms with E-state index in [2.05, 4.69) is 5.32 Å². The van der Waals surface area contributed by atoms with Gasteiger partial charge in [0.05, 0.1) is 6.04 Å². The number of halogens is 2. The van der Waals surface area contributed by atoms with Crippen LogP contribution >= 0.6 is 11.6 Å². The van der Waals surface area contributed by atoms with Crippen molar-refractivity contribution in [3.8, 4) is 0 Å². The summed E-state index contributed by atoms with van der Waals surface area (Å²) in [6, 6.07) is 2.24. The van der Waals surface area contributed by atoms with Crippen LogP contribution in [0.3, 0.4) is 0 Å². The van der Waals surface area contributed by atoms with Gasteiger partial charge in [-0.1, -0.05) is 11.6 Å². The molecule has 0 aliphatic heterocycles. The van der Waals surface area contributed by atoms with Crippen molar-refractivity contribution in [3.63, 3.8) is 0 Å². The predicted octanol–water partition coefficient (Wildman–Crippen LogP) is 2.25. The van der Waals surface area contributed by atoms with Crippen molar-refractivity contribution < 1.29 is 9.18 Å². The lowest BCUT2D eigenvalue weighted by Crippen LogP contribution is -2.18. The van der Waals surface area contributed by atoms with E-state index in [4.69, 9.17) is 11.6 Å². The van der Waals surface area contributed by atoms with E-state index >= 15 is 0 Å². The molecule has 0 aromatic heterocycles. The minimum atomic E-state index is -0.558. The molecule has 0 saturated heterocycles. The summed E-state index contributed by atoms with van der Waals surface area (Å²) in [7, 11) is 1.62. The summed E-state index contributed by atoms with van der Waals surface area (Å²) in [5, 5.41) is 3.13. The molecule has 1 aromatic carbocycles. The van der Waals surface area contributed by atoms with Gasteiger partial charge in [0.15, 0.2) is 0 Å². The Balaban J connectivity index is 3.20. The number of rotatable bonds is 3. The Hall–Kier alpha value is -0.930. The van der Waals surface area contributed by atoms with Crippen LogP contribution in [0.5, 0.6) is 0 Å². The highest BCUT2D eigenvalue weighted by molar-refractivity contribution is 6.31. The van der Waals surface area contributed by atoms with Gasteiger partial charge in [-0.3, -0.25) is 0 Å². The first-order valence-corrected chi connectivity index (χ1v) is 4.56. The van der Waals surface area contributed by atoms with Crippen LogP contribution in [-0.4, -0.2) is 13.3 Å². The van der Waals surface area contributed by atoms with Gasteiger partial charge in [0.1, 0.15) is 12.1 Å². The Morgan fingerprint density at radius 3 is 2.71 bits per heavy atom. The van der Waals surface area contributed by atoms with E-state index in [9.17, 15) is 9.18 Å². The molecule has 0 saturated carbocycles. The molecule has 76 valence electrons. The molecule has 0 fully saturated rings. The van der Waals surface area contributed by atoms with Crippen molar-refractivity contribution in [1.29, 1.82) is 0 Å². The number of carbonyl (C=O) groups excluding carboxylic acids is 1. The summed E-state index contributed by atoms with van der Waals surface area (Å²) in [5.74, 6) is -0.355. The highest BCUT2D eigenvalue weighted by Crippen LogP contribution is 2.24. The van der Waals surface area contributed by atoms with E-state index in [-0.39, 0.29) is 5.82 Å². The van der Waals surface area contributed by atoms with Gasteiger partial charge in [0.2, 0.25) is 0 Å². The number of carbonyl (C=O) groups is 1. The Bertz CT molecular complexity index is 354. The van der Waals surface area contributed by atoms with Crippen molar-refractivity contribution in [1.82, 2.24) is 5.32 Å². The fourth-order valence-corrected chi connectivity index (χ4v) is 1.53. The molecule has 4 heteroatoms. The van der Waals surface area contributed by atoms with Crippen LogP contribution in [0.2, 0.25) is 5.02 Å². The number of hydrogen-bond acceptors (Lipinski definition) is 2. The average Bonchev–Trinajstić information content (AvgIpc) is 2.15. The third kappa shape index (κ3) is 2.11. The van der Waals surface area contributed by atoms with Crippen LogP contribution in [0.1, 0.15) is 17.2 Å². The molecular weight excluding hydrogens is 205 g/mol. The zero-order valence-electron chi connectivity index (χ0n) is 7.97. The normalized spacial score (nSPS) is 12.6. The summed E-state index contributed by atoms with van der Waals surface area (Å²) in [5.41, 5.74) is 0.937. The van der Waals surface area contributed by atoms with Crippen molar-refractivity contribution in [3.05, 3.63) is 34.1 Å². The average molecular weight is 216 g/mol. The van der Waals surface area contributed by atoms with Crippen molar-refractivity contribution in [2.75, 3.05) is 7.05 Å². The van der Waals surface area contributed by atoms with E-state index in [0.717, 1.165) is 0 Å². The lowest BCUT2D eigenvalue weighted by atomic mass is 10.1. The minimum Gasteiger partial charge on any atom is -0.307 e. The molecule has 2 nitrogen and oxygen atoms in total. The van der Waals surface area contributed by atoms with Crippen LogP contribution < -0.4 is 5.32 Å². The Morgan fingerprint density at radius 1 is 1.57 bits per heavy atom. The van der Waals surface area contributed by atoms with Crippen LogP contribution in [0.15, 0.2) is 12.1 Å². The maximum atomic E-state index is 13.2. The van der Waals surface area contributed by atoms with Crippen molar-refractivity contribution in [2.45, 2.75) is 13.0 Å². The number of aldehydes is 1. The van der Waals surface area contributed by atoms with Gasteiger partial charge in [-0.05, 0) is 37.2 Å². The van der Waals surface area contributed by atoms with Gasteiger partial charge in [-0.2, -0.15) is 0 Å². The van der Waals surface area contributed by atoms with Gasteiger partial charge >= 0.3 is 0 Å². The first-order chi connectivity index (χ1) is 6.60.